The Labute approximate surface area is 103 Å². The number of thiophene rings is 1. The van der Waals surface area contributed by atoms with Crippen molar-refractivity contribution in [2.24, 2.45) is 0 Å². The molecule has 1 atom stereocenters. The van der Waals surface area contributed by atoms with Crippen LogP contribution in [0.3, 0.4) is 0 Å². The molecule has 2 heterocycles. The maximum atomic E-state index is 5.70. The van der Waals surface area contributed by atoms with Crippen LogP contribution < -0.4 is 0 Å². The smallest absolute Gasteiger partial charge is 0.158 e. The first-order chi connectivity index (χ1) is 7.25. The highest BCUT2D eigenvalue weighted by Gasteiger charge is 2.14. The molecule has 1 aromatic heterocycles. The van der Waals surface area contributed by atoms with Gasteiger partial charge in [0, 0.05) is 20.8 Å². The van der Waals surface area contributed by atoms with Crippen molar-refractivity contribution < 1.29 is 9.47 Å². The van der Waals surface area contributed by atoms with E-state index in [4.69, 9.17) is 9.47 Å². The standard InChI is InChI=1S/C11H15BrO2S/c1-8-10(12)6-9(15-8)7-14-11-4-2-3-5-13-11/h6,11H,2-5,7H2,1H3. The molecule has 0 bridgehead atoms. The zero-order chi connectivity index (χ0) is 10.7. The second kappa shape index (κ2) is 5.43. The molecule has 1 unspecified atom stereocenters. The fourth-order valence-corrected chi connectivity index (χ4v) is 3.13. The minimum absolute atomic E-state index is 0.0138. The summed E-state index contributed by atoms with van der Waals surface area (Å²) >= 11 is 5.28. The van der Waals surface area contributed by atoms with E-state index >= 15 is 0 Å². The number of ether oxygens (including phenoxy) is 2. The highest BCUT2D eigenvalue weighted by atomic mass is 79.9. The first kappa shape index (κ1) is 11.6. The third-order valence-corrected chi connectivity index (χ3v) is 4.57. The number of hydrogen-bond acceptors (Lipinski definition) is 3. The zero-order valence-corrected chi connectivity index (χ0v) is 11.2. The Hall–Kier alpha value is 0.100. The van der Waals surface area contributed by atoms with Crippen molar-refractivity contribution in [3.05, 3.63) is 20.3 Å². The number of hydrogen-bond donors (Lipinski definition) is 0. The van der Waals surface area contributed by atoms with Crippen molar-refractivity contribution in [1.29, 1.82) is 0 Å². The largest absolute Gasteiger partial charge is 0.353 e. The molecule has 15 heavy (non-hydrogen) atoms. The van der Waals surface area contributed by atoms with Crippen LogP contribution in [0.2, 0.25) is 0 Å². The maximum absolute atomic E-state index is 5.70. The third-order valence-electron chi connectivity index (χ3n) is 2.46. The van der Waals surface area contributed by atoms with E-state index in [9.17, 15) is 0 Å². The van der Waals surface area contributed by atoms with Crippen molar-refractivity contribution in [3.8, 4) is 0 Å². The van der Waals surface area contributed by atoms with Gasteiger partial charge in [-0.2, -0.15) is 0 Å². The molecule has 2 rings (SSSR count). The molecule has 4 heteroatoms. The minimum atomic E-state index is 0.0138. The molecule has 2 nitrogen and oxygen atoms in total. The molecule has 0 aromatic carbocycles. The van der Waals surface area contributed by atoms with Gasteiger partial charge in [0.1, 0.15) is 0 Å². The molecule has 0 N–H and O–H groups in total. The van der Waals surface area contributed by atoms with Crippen LogP contribution in [0, 0.1) is 6.92 Å². The number of rotatable bonds is 3. The summed E-state index contributed by atoms with van der Waals surface area (Å²) in [6.45, 7) is 3.62. The molecule has 0 saturated carbocycles. The van der Waals surface area contributed by atoms with Gasteiger partial charge in [0.15, 0.2) is 6.29 Å². The van der Waals surface area contributed by atoms with Crippen LogP contribution in [0.25, 0.3) is 0 Å². The van der Waals surface area contributed by atoms with Gasteiger partial charge in [0.2, 0.25) is 0 Å². The molecule has 0 amide bonds. The van der Waals surface area contributed by atoms with Crippen LogP contribution in [0.15, 0.2) is 10.5 Å². The maximum Gasteiger partial charge on any atom is 0.158 e. The lowest BCUT2D eigenvalue weighted by atomic mass is 10.2. The molecule has 1 saturated heterocycles. The van der Waals surface area contributed by atoms with Crippen LogP contribution in [0.4, 0.5) is 0 Å². The van der Waals surface area contributed by atoms with E-state index < -0.39 is 0 Å². The predicted octanol–water partition coefficient (Wildman–Crippen LogP) is 3.86. The highest BCUT2D eigenvalue weighted by molar-refractivity contribution is 9.10. The van der Waals surface area contributed by atoms with E-state index in [1.165, 1.54) is 27.1 Å². The van der Waals surface area contributed by atoms with Crippen molar-refractivity contribution in [2.45, 2.75) is 39.1 Å². The molecule has 1 aromatic rings. The topological polar surface area (TPSA) is 18.5 Å². The van der Waals surface area contributed by atoms with E-state index in [0.717, 1.165) is 13.0 Å². The van der Waals surface area contributed by atoms with Crippen molar-refractivity contribution in [3.63, 3.8) is 0 Å². The van der Waals surface area contributed by atoms with Crippen LogP contribution in [-0.2, 0) is 16.1 Å². The Bertz CT molecular complexity index is 299. The quantitative estimate of drug-likeness (QED) is 0.842. The summed E-state index contributed by atoms with van der Waals surface area (Å²) in [6.07, 6.45) is 3.44. The van der Waals surface area contributed by atoms with E-state index in [-0.39, 0.29) is 6.29 Å². The van der Waals surface area contributed by atoms with Gasteiger partial charge in [-0.3, -0.25) is 0 Å². The highest BCUT2D eigenvalue weighted by Crippen LogP contribution is 2.27. The SMILES string of the molecule is Cc1sc(COC2CCCCO2)cc1Br. The lowest BCUT2D eigenvalue weighted by Crippen LogP contribution is -2.21. The third kappa shape index (κ3) is 3.28. The Morgan fingerprint density at radius 3 is 3.07 bits per heavy atom. The average molecular weight is 291 g/mol. The molecule has 0 spiro atoms. The molecular weight excluding hydrogens is 276 g/mol. The monoisotopic (exact) mass is 290 g/mol. The summed E-state index contributed by atoms with van der Waals surface area (Å²) in [5, 5.41) is 0. The van der Waals surface area contributed by atoms with Gasteiger partial charge in [-0.25, -0.2) is 0 Å². The number of halogens is 1. The summed E-state index contributed by atoms with van der Waals surface area (Å²) in [5.74, 6) is 0. The van der Waals surface area contributed by atoms with Gasteiger partial charge >= 0.3 is 0 Å². The van der Waals surface area contributed by atoms with Crippen molar-refractivity contribution >= 4 is 27.3 Å². The lowest BCUT2D eigenvalue weighted by Gasteiger charge is -2.22. The number of aryl methyl sites for hydroxylation is 1. The van der Waals surface area contributed by atoms with Gasteiger partial charge in [0.05, 0.1) is 6.61 Å². The summed E-state index contributed by atoms with van der Waals surface area (Å²) in [4.78, 5) is 2.56. The van der Waals surface area contributed by atoms with Gasteiger partial charge < -0.3 is 9.47 Å². The molecule has 84 valence electrons. The van der Waals surface area contributed by atoms with Crippen LogP contribution >= 0.6 is 27.3 Å². The average Bonchev–Trinajstić information content (AvgIpc) is 2.57. The molecule has 0 radical (unpaired) electrons. The molecular formula is C11H15BrO2S. The molecule has 1 aliphatic rings. The summed E-state index contributed by atoms with van der Waals surface area (Å²) in [6, 6.07) is 2.13. The zero-order valence-electron chi connectivity index (χ0n) is 8.79. The van der Waals surface area contributed by atoms with E-state index in [1.807, 2.05) is 0 Å². The van der Waals surface area contributed by atoms with Crippen LogP contribution in [0.5, 0.6) is 0 Å². The minimum Gasteiger partial charge on any atom is -0.353 e. The fourth-order valence-electron chi connectivity index (χ4n) is 1.61. The second-order valence-electron chi connectivity index (χ2n) is 3.72. The van der Waals surface area contributed by atoms with E-state index in [0.29, 0.717) is 6.61 Å². The molecule has 1 aliphatic heterocycles. The van der Waals surface area contributed by atoms with Gasteiger partial charge in [-0.1, -0.05) is 0 Å². The Kier molecular flexibility index (Phi) is 4.20. The molecule has 0 aliphatic carbocycles. The van der Waals surface area contributed by atoms with Crippen molar-refractivity contribution in [2.75, 3.05) is 6.61 Å². The lowest BCUT2D eigenvalue weighted by molar-refractivity contribution is -0.168. The Morgan fingerprint density at radius 1 is 1.60 bits per heavy atom. The fraction of sp³-hybridized carbons (Fsp3) is 0.636. The van der Waals surface area contributed by atoms with Gasteiger partial charge in [0.25, 0.3) is 0 Å². The second-order valence-corrected chi connectivity index (χ2v) is 5.92. The summed E-state index contributed by atoms with van der Waals surface area (Å²) in [7, 11) is 0. The normalized spacial score (nSPS) is 21.9. The first-order valence-electron chi connectivity index (χ1n) is 5.24. The van der Waals surface area contributed by atoms with Crippen LogP contribution in [-0.4, -0.2) is 12.9 Å². The summed E-state index contributed by atoms with van der Waals surface area (Å²) in [5.41, 5.74) is 0. The summed E-state index contributed by atoms with van der Waals surface area (Å²) < 4.78 is 12.4. The van der Waals surface area contributed by atoms with E-state index in [1.54, 1.807) is 11.3 Å². The molecule has 1 fully saturated rings. The van der Waals surface area contributed by atoms with Gasteiger partial charge in [-0.05, 0) is 48.2 Å². The Balaban J connectivity index is 1.81. The van der Waals surface area contributed by atoms with Gasteiger partial charge in [-0.15, -0.1) is 11.3 Å². The van der Waals surface area contributed by atoms with Crippen molar-refractivity contribution in [1.82, 2.24) is 0 Å². The first-order valence-corrected chi connectivity index (χ1v) is 6.84. The Morgan fingerprint density at radius 2 is 2.47 bits per heavy atom. The van der Waals surface area contributed by atoms with E-state index in [2.05, 4.69) is 28.9 Å². The predicted molar refractivity (Wildman–Crippen MR) is 65.1 cm³/mol. The van der Waals surface area contributed by atoms with Crippen LogP contribution in [0.1, 0.15) is 29.0 Å².